The first-order valence-electron chi connectivity index (χ1n) is 8.01. The van der Waals surface area contributed by atoms with Crippen LogP contribution in [0.25, 0.3) is 5.69 Å². The van der Waals surface area contributed by atoms with Crippen molar-refractivity contribution >= 4 is 5.91 Å². The number of carbonyl (C=O) groups is 1. The average Bonchev–Trinajstić information content (AvgIpc) is 3.25. The van der Waals surface area contributed by atoms with Gasteiger partial charge in [-0.15, -0.1) is 0 Å². The number of hydrogen-bond donors (Lipinski definition) is 2. The van der Waals surface area contributed by atoms with E-state index in [1.165, 1.54) is 5.69 Å². The highest BCUT2D eigenvalue weighted by molar-refractivity contribution is 5.94. The molecular formula is C17H20N4O. The number of rotatable bonds is 3. The molecule has 2 N–H and O–H groups in total. The highest BCUT2D eigenvalue weighted by Crippen LogP contribution is 2.27. The number of amides is 1. The third-order valence-electron chi connectivity index (χ3n) is 4.54. The van der Waals surface area contributed by atoms with Crippen molar-refractivity contribution in [2.75, 3.05) is 13.1 Å². The number of nitrogens with zero attached hydrogens (tertiary/aromatic N) is 2. The summed E-state index contributed by atoms with van der Waals surface area (Å²) in [6.45, 7) is 1.83. The number of aromatic nitrogens is 2. The van der Waals surface area contributed by atoms with Crippen molar-refractivity contribution in [2.45, 2.75) is 31.7 Å². The Labute approximate surface area is 129 Å². The largest absolute Gasteiger partial charge is 0.347 e. The van der Waals surface area contributed by atoms with Crippen LogP contribution >= 0.6 is 0 Å². The van der Waals surface area contributed by atoms with Gasteiger partial charge in [-0.3, -0.25) is 4.79 Å². The van der Waals surface area contributed by atoms with Gasteiger partial charge in [-0.2, -0.15) is 5.10 Å². The predicted molar refractivity (Wildman–Crippen MR) is 84.3 cm³/mol. The van der Waals surface area contributed by atoms with Gasteiger partial charge in [-0.05, 0) is 44.4 Å². The van der Waals surface area contributed by atoms with E-state index >= 15 is 0 Å². The van der Waals surface area contributed by atoms with Gasteiger partial charge in [0.05, 0.1) is 5.69 Å². The third-order valence-corrected chi connectivity index (χ3v) is 4.54. The molecule has 22 heavy (non-hydrogen) atoms. The van der Waals surface area contributed by atoms with E-state index in [1.54, 1.807) is 0 Å². The molecule has 0 saturated carbocycles. The molecule has 1 aromatic heterocycles. The van der Waals surface area contributed by atoms with Crippen molar-refractivity contribution in [1.82, 2.24) is 20.4 Å². The van der Waals surface area contributed by atoms with Gasteiger partial charge in [-0.1, -0.05) is 18.2 Å². The van der Waals surface area contributed by atoms with Gasteiger partial charge >= 0.3 is 0 Å². The van der Waals surface area contributed by atoms with Gasteiger partial charge in [0.25, 0.3) is 5.91 Å². The summed E-state index contributed by atoms with van der Waals surface area (Å²) >= 11 is 0. The number of para-hydroxylation sites is 1. The van der Waals surface area contributed by atoms with Gasteiger partial charge in [0.1, 0.15) is 0 Å². The van der Waals surface area contributed by atoms with Crippen LogP contribution in [0.4, 0.5) is 0 Å². The van der Waals surface area contributed by atoms with Crippen molar-refractivity contribution < 1.29 is 4.79 Å². The number of nitrogens with one attached hydrogen (secondary N) is 2. The Balaban J connectivity index is 1.67. The standard InChI is InChI=1S/C17H20N4O/c22-17(19-12-9-10-18-11-12)16-14-7-4-8-15(14)21(20-16)13-5-2-1-3-6-13/h1-3,5-6,12,18H,4,7-11H2,(H,19,22). The number of benzene rings is 1. The van der Waals surface area contributed by atoms with Crippen LogP contribution in [0.15, 0.2) is 30.3 Å². The summed E-state index contributed by atoms with van der Waals surface area (Å²) in [5.41, 5.74) is 3.97. The van der Waals surface area contributed by atoms with Gasteiger partial charge in [-0.25, -0.2) is 4.68 Å². The second-order valence-corrected chi connectivity index (χ2v) is 6.04. The highest BCUT2D eigenvalue weighted by Gasteiger charge is 2.28. The summed E-state index contributed by atoms with van der Waals surface area (Å²) in [4.78, 5) is 12.6. The van der Waals surface area contributed by atoms with E-state index in [9.17, 15) is 4.79 Å². The minimum Gasteiger partial charge on any atom is -0.347 e. The summed E-state index contributed by atoms with van der Waals surface area (Å²) in [6.07, 6.45) is 4.04. The van der Waals surface area contributed by atoms with E-state index in [0.29, 0.717) is 5.69 Å². The van der Waals surface area contributed by atoms with Crippen molar-refractivity contribution in [3.63, 3.8) is 0 Å². The summed E-state index contributed by atoms with van der Waals surface area (Å²) < 4.78 is 1.95. The average molecular weight is 296 g/mol. The molecular weight excluding hydrogens is 276 g/mol. The van der Waals surface area contributed by atoms with Crippen molar-refractivity contribution in [3.05, 3.63) is 47.3 Å². The molecule has 0 radical (unpaired) electrons. The lowest BCUT2D eigenvalue weighted by Crippen LogP contribution is -2.36. The maximum atomic E-state index is 12.6. The molecule has 1 aliphatic heterocycles. The van der Waals surface area contributed by atoms with Gasteiger partial charge in [0.2, 0.25) is 0 Å². The topological polar surface area (TPSA) is 59.0 Å². The van der Waals surface area contributed by atoms with Crippen LogP contribution < -0.4 is 10.6 Å². The molecule has 0 bridgehead atoms. The lowest BCUT2D eigenvalue weighted by Gasteiger charge is -2.10. The van der Waals surface area contributed by atoms with E-state index in [2.05, 4.69) is 15.7 Å². The fourth-order valence-electron chi connectivity index (χ4n) is 3.43. The molecule has 114 valence electrons. The molecule has 1 amide bonds. The van der Waals surface area contributed by atoms with Crippen LogP contribution in [0.1, 0.15) is 34.6 Å². The zero-order valence-corrected chi connectivity index (χ0v) is 12.5. The molecule has 1 unspecified atom stereocenters. The Kier molecular flexibility index (Phi) is 3.42. The SMILES string of the molecule is O=C(NC1CCNC1)c1nn(-c2ccccc2)c2c1CCC2. The van der Waals surface area contributed by atoms with Crippen LogP contribution in [0.5, 0.6) is 0 Å². The normalized spacial score (nSPS) is 20.1. The van der Waals surface area contributed by atoms with Crippen LogP contribution in [-0.4, -0.2) is 34.8 Å². The summed E-state index contributed by atoms with van der Waals surface area (Å²) in [7, 11) is 0. The molecule has 2 heterocycles. The maximum absolute atomic E-state index is 12.6. The Hall–Kier alpha value is -2.14. The van der Waals surface area contributed by atoms with Gasteiger partial charge in [0.15, 0.2) is 5.69 Å². The van der Waals surface area contributed by atoms with E-state index < -0.39 is 0 Å². The van der Waals surface area contributed by atoms with Crippen molar-refractivity contribution in [2.24, 2.45) is 0 Å². The Morgan fingerprint density at radius 1 is 1.27 bits per heavy atom. The molecule has 1 saturated heterocycles. The first-order chi connectivity index (χ1) is 10.8. The monoisotopic (exact) mass is 296 g/mol. The minimum atomic E-state index is -0.0264. The second kappa shape index (κ2) is 5.57. The van der Waals surface area contributed by atoms with Crippen LogP contribution in [0.3, 0.4) is 0 Å². The van der Waals surface area contributed by atoms with E-state index in [0.717, 1.165) is 50.0 Å². The van der Waals surface area contributed by atoms with E-state index in [1.807, 2.05) is 35.0 Å². The highest BCUT2D eigenvalue weighted by atomic mass is 16.2. The summed E-state index contributed by atoms with van der Waals surface area (Å²) in [6, 6.07) is 10.3. The molecule has 1 aliphatic carbocycles. The van der Waals surface area contributed by atoms with Gasteiger partial charge < -0.3 is 10.6 Å². The first kappa shape index (κ1) is 13.5. The minimum absolute atomic E-state index is 0.0264. The molecule has 1 aromatic carbocycles. The zero-order valence-electron chi connectivity index (χ0n) is 12.5. The third kappa shape index (κ3) is 2.31. The predicted octanol–water partition coefficient (Wildman–Crippen LogP) is 1.45. The fourth-order valence-corrected chi connectivity index (χ4v) is 3.43. The summed E-state index contributed by atoms with van der Waals surface area (Å²) in [5.74, 6) is -0.0264. The Morgan fingerprint density at radius 2 is 2.14 bits per heavy atom. The molecule has 4 rings (SSSR count). The molecule has 0 spiro atoms. The van der Waals surface area contributed by atoms with Crippen LogP contribution in [-0.2, 0) is 12.8 Å². The van der Waals surface area contributed by atoms with E-state index in [4.69, 9.17) is 0 Å². The van der Waals surface area contributed by atoms with Crippen LogP contribution in [0, 0.1) is 0 Å². The quantitative estimate of drug-likeness (QED) is 0.901. The molecule has 1 fully saturated rings. The van der Waals surface area contributed by atoms with Gasteiger partial charge in [0, 0.05) is 23.8 Å². The lowest BCUT2D eigenvalue weighted by molar-refractivity contribution is 0.0933. The Bertz CT molecular complexity index is 686. The molecule has 5 heteroatoms. The smallest absolute Gasteiger partial charge is 0.272 e. The number of fused-ring (bicyclic) bond motifs is 1. The lowest BCUT2D eigenvalue weighted by atomic mass is 10.1. The first-order valence-corrected chi connectivity index (χ1v) is 8.01. The molecule has 2 aliphatic rings. The summed E-state index contributed by atoms with van der Waals surface area (Å²) in [5, 5.41) is 11.0. The van der Waals surface area contributed by atoms with E-state index in [-0.39, 0.29) is 11.9 Å². The number of carbonyl (C=O) groups excluding carboxylic acids is 1. The maximum Gasteiger partial charge on any atom is 0.272 e. The molecule has 2 aromatic rings. The molecule has 5 nitrogen and oxygen atoms in total. The molecule has 1 atom stereocenters. The fraction of sp³-hybridized carbons (Fsp3) is 0.412. The van der Waals surface area contributed by atoms with Crippen molar-refractivity contribution in [1.29, 1.82) is 0 Å². The second-order valence-electron chi connectivity index (χ2n) is 6.04. The zero-order chi connectivity index (χ0) is 14.9. The number of hydrogen-bond acceptors (Lipinski definition) is 3. The Morgan fingerprint density at radius 3 is 2.91 bits per heavy atom. The van der Waals surface area contributed by atoms with Crippen LogP contribution in [0.2, 0.25) is 0 Å². The van der Waals surface area contributed by atoms with Crippen molar-refractivity contribution in [3.8, 4) is 5.69 Å².